The van der Waals surface area contributed by atoms with Gasteiger partial charge in [0.25, 0.3) is 0 Å². The van der Waals surface area contributed by atoms with Gasteiger partial charge in [-0.05, 0) is 51.9 Å². The van der Waals surface area contributed by atoms with Crippen molar-refractivity contribution < 1.29 is 0 Å². The van der Waals surface area contributed by atoms with E-state index >= 15 is 0 Å². The maximum Gasteiger partial charge on any atom is 0.147 e. The van der Waals surface area contributed by atoms with Gasteiger partial charge >= 0.3 is 0 Å². The highest BCUT2D eigenvalue weighted by Crippen LogP contribution is 2.37. The molecule has 0 radical (unpaired) electrons. The Balaban J connectivity index is 1.96. The van der Waals surface area contributed by atoms with Crippen molar-refractivity contribution in [3.63, 3.8) is 0 Å². The molecule has 0 aliphatic rings. The van der Waals surface area contributed by atoms with E-state index in [0.717, 1.165) is 31.3 Å². The smallest absolute Gasteiger partial charge is 0.147 e. The molecule has 4 aromatic rings. The molecule has 0 saturated heterocycles. The fourth-order valence-corrected chi connectivity index (χ4v) is 4.00. The number of hydrogen-bond acceptors (Lipinski definition) is 5. The molecule has 3 heterocycles. The lowest BCUT2D eigenvalue weighted by atomic mass is 9.94. The number of nitrogens with zero attached hydrogens (tertiary/aromatic N) is 4. The third-order valence-corrected chi connectivity index (χ3v) is 5.53. The van der Waals surface area contributed by atoms with Gasteiger partial charge in [-0.25, -0.2) is 4.52 Å². The molecule has 0 fully saturated rings. The summed E-state index contributed by atoms with van der Waals surface area (Å²) in [6.07, 6.45) is 5.26. The van der Waals surface area contributed by atoms with E-state index in [1.807, 2.05) is 42.5 Å². The van der Waals surface area contributed by atoms with Crippen LogP contribution in [-0.2, 0) is 13.1 Å². The van der Waals surface area contributed by atoms with Gasteiger partial charge in [0.15, 0.2) is 0 Å². The molecule has 0 unspecified atom stereocenters. The average Bonchev–Trinajstić information content (AvgIpc) is 3.22. The predicted octanol–water partition coefficient (Wildman–Crippen LogP) is 3.94. The van der Waals surface area contributed by atoms with Crippen LogP contribution in [0.1, 0.15) is 16.7 Å². The minimum absolute atomic E-state index is 0.313. The van der Waals surface area contributed by atoms with Crippen LogP contribution in [0, 0.1) is 14.9 Å². The first-order chi connectivity index (χ1) is 13.7. The standard InChI is InChI=1S/C21H17IN6/c22-18-6-2-1-5-15(18)20-16(10-23)19-7-9-27-28(19)21(17(20)11-24)26-13-14-4-3-8-25-12-14/h1-9,12,26H,10,13,23H2. The van der Waals surface area contributed by atoms with Gasteiger partial charge in [0.2, 0.25) is 0 Å². The summed E-state index contributed by atoms with van der Waals surface area (Å²) >= 11 is 2.29. The fraction of sp³-hybridized carbons (Fsp3) is 0.0952. The summed E-state index contributed by atoms with van der Waals surface area (Å²) in [4.78, 5) is 4.15. The van der Waals surface area contributed by atoms with Gasteiger partial charge in [-0.15, -0.1) is 0 Å². The van der Waals surface area contributed by atoms with Crippen molar-refractivity contribution in [2.45, 2.75) is 13.1 Å². The van der Waals surface area contributed by atoms with E-state index in [1.165, 1.54) is 0 Å². The molecule has 0 saturated carbocycles. The van der Waals surface area contributed by atoms with Crippen molar-refractivity contribution in [2.75, 3.05) is 5.32 Å². The van der Waals surface area contributed by atoms with Crippen LogP contribution in [0.2, 0.25) is 0 Å². The Kier molecular flexibility index (Phi) is 5.23. The van der Waals surface area contributed by atoms with Gasteiger partial charge in [0.05, 0.1) is 11.7 Å². The van der Waals surface area contributed by atoms with Gasteiger partial charge in [0.1, 0.15) is 17.5 Å². The topological polar surface area (TPSA) is 92.0 Å². The van der Waals surface area contributed by atoms with E-state index in [-0.39, 0.29) is 0 Å². The van der Waals surface area contributed by atoms with Crippen molar-refractivity contribution in [1.82, 2.24) is 14.6 Å². The number of halogens is 1. The molecule has 0 spiro atoms. The molecule has 0 aliphatic heterocycles. The average molecular weight is 480 g/mol. The molecule has 0 aliphatic carbocycles. The molecule has 3 N–H and O–H groups in total. The minimum atomic E-state index is 0.313. The Morgan fingerprint density at radius 3 is 2.71 bits per heavy atom. The van der Waals surface area contributed by atoms with Crippen molar-refractivity contribution >= 4 is 33.9 Å². The summed E-state index contributed by atoms with van der Waals surface area (Å²) in [6.45, 7) is 0.845. The van der Waals surface area contributed by atoms with Crippen LogP contribution >= 0.6 is 22.6 Å². The summed E-state index contributed by atoms with van der Waals surface area (Å²) in [7, 11) is 0. The van der Waals surface area contributed by atoms with Gasteiger partial charge in [-0.1, -0.05) is 24.3 Å². The number of anilines is 1. The third kappa shape index (κ3) is 3.21. The van der Waals surface area contributed by atoms with Crippen LogP contribution < -0.4 is 11.1 Å². The Labute approximate surface area is 176 Å². The Morgan fingerprint density at radius 1 is 1.14 bits per heavy atom. The normalized spacial score (nSPS) is 10.8. The van der Waals surface area contributed by atoms with Crippen LogP contribution in [0.15, 0.2) is 61.1 Å². The fourth-order valence-electron chi connectivity index (χ4n) is 3.34. The first kappa shape index (κ1) is 18.4. The number of pyridine rings is 2. The summed E-state index contributed by atoms with van der Waals surface area (Å²) in [6, 6.07) is 16.2. The first-order valence-corrected chi connectivity index (χ1v) is 9.83. The molecule has 0 amide bonds. The van der Waals surface area contributed by atoms with E-state index in [4.69, 9.17) is 5.73 Å². The number of fused-ring (bicyclic) bond motifs is 1. The number of hydrogen-bond donors (Lipinski definition) is 2. The first-order valence-electron chi connectivity index (χ1n) is 8.75. The molecule has 4 rings (SSSR count). The predicted molar refractivity (Wildman–Crippen MR) is 118 cm³/mol. The van der Waals surface area contributed by atoms with E-state index in [2.05, 4.69) is 44.1 Å². The summed E-state index contributed by atoms with van der Waals surface area (Å²) in [5, 5.41) is 17.9. The third-order valence-electron chi connectivity index (χ3n) is 4.59. The van der Waals surface area contributed by atoms with Crippen molar-refractivity contribution in [1.29, 1.82) is 5.26 Å². The summed E-state index contributed by atoms with van der Waals surface area (Å²) in [5.41, 5.74) is 11.3. The molecule has 138 valence electrons. The zero-order chi connectivity index (χ0) is 19.5. The van der Waals surface area contributed by atoms with E-state index < -0.39 is 0 Å². The number of nitrogens with two attached hydrogens (primary N) is 1. The molecule has 0 bridgehead atoms. The van der Waals surface area contributed by atoms with Gasteiger partial charge in [-0.3, -0.25) is 4.98 Å². The SMILES string of the molecule is N#Cc1c(-c2ccccc2I)c(CN)c2ccnn2c1NCc1cccnc1. The minimum Gasteiger partial charge on any atom is -0.365 e. The second-order valence-corrected chi connectivity index (χ2v) is 7.38. The van der Waals surface area contributed by atoms with Gasteiger partial charge in [0, 0.05) is 40.2 Å². The Hall–Kier alpha value is -2.96. The molecule has 1 aromatic carbocycles. The quantitative estimate of drug-likeness (QED) is 0.423. The molecule has 28 heavy (non-hydrogen) atoms. The summed E-state index contributed by atoms with van der Waals surface area (Å²) in [5.74, 6) is 0.651. The zero-order valence-corrected chi connectivity index (χ0v) is 17.1. The number of nitrogens with one attached hydrogen (secondary N) is 1. The lowest BCUT2D eigenvalue weighted by Gasteiger charge is -2.19. The lowest BCUT2D eigenvalue weighted by molar-refractivity contribution is 0.924. The highest BCUT2D eigenvalue weighted by atomic mass is 127. The van der Waals surface area contributed by atoms with E-state index in [1.54, 1.807) is 23.1 Å². The maximum absolute atomic E-state index is 10.1. The molecule has 7 heteroatoms. The molecule has 6 nitrogen and oxygen atoms in total. The lowest BCUT2D eigenvalue weighted by Crippen LogP contribution is -2.13. The van der Waals surface area contributed by atoms with E-state index in [0.29, 0.717) is 24.5 Å². The zero-order valence-electron chi connectivity index (χ0n) is 14.9. The number of aromatic nitrogens is 3. The van der Waals surface area contributed by atoms with Gasteiger partial charge in [-0.2, -0.15) is 10.4 Å². The number of rotatable bonds is 5. The van der Waals surface area contributed by atoms with Crippen LogP contribution in [0.3, 0.4) is 0 Å². The van der Waals surface area contributed by atoms with Crippen LogP contribution in [-0.4, -0.2) is 14.6 Å². The second-order valence-electron chi connectivity index (χ2n) is 6.22. The molecular weight excluding hydrogens is 463 g/mol. The molecule has 0 atom stereocenters. The van der Waals surface area contributed by atoms with E-state index in [9.17, 15) is 5.26 Å². The highest BCUT2D eigenvalue weighted by molar-refractivity contribution is 14.1. The van der Waals surface area contributed by atoms with Crippen molar-refractivity contribution in [3.05, 3.63) is 81.3 Å². The number of nitriles is 1. The number of benzene rings is 1. The Morgan fingerprint density at radius 2 is 2.00 bits per heavy atom. The largest absolute Gasteiger partial charge is 0.365 e. The summed E-state index contributed by atoms with van der Waals surface area (Å²) < 4.78 is 2.82. The van der Waals surface area contributed by atoms with Crippen LogP contribution in [0.4, 0.5) is 5.82 Å². The molecule has 3 aromatic heterocycles. The van der Waals surface area contributed by atoms with Gasteiger partial charge < -0.3 is 11.1 Å². The highest BCUT2D eigenvalue weighted by Gasteiger charge is 2.22. The monoisotopic (exact) mass is 480 g/mol. The molecular formula is C21H17IN6. The van der Waals surface area contributed by atoms with Crippen LogP contribution in [0.25, 0.3) is 16.6 Å². The Bertz CT molecular complexity index is 1180. The maximum atomic E-state index is 10.1. The second kappa shape index (κ2) is 7.96. The van der Waals surface area contributed by atoms with Crippen molar-refractivity contribution in [2.24, 2.45) is 5.73 Å². The van der Waals surface area contributed by atoms with Crippen molar-refractivity contribution in [3.8, 4) is 17.2 Å². The van der Waals surface area contributed by atoms with Crippen LogP contribution in [0.5, 0.6) is 0 Å².